The summed E-state index contributed by atoms with van der Waals surface area (Å²) in [6.07, 6.45) is 0.851. The van der Waals surface area contributed by atoms with Crippen LogP contribution >= 0.6 is 0 Å². The molecule has 0 aliphatic carbocycles. The van der Waals surface area contributed by atoms with E-state index < -0.39 is 14.0 Å². The normalized spacial score (nSPS) is 24.2. The molecule has 0 spiro atoms. The van der Waals surface area contributed by atoms with E-state index in [1.54, 1.807) is 0 Å². The number of hydrogen-bond acceptors (Lipinski definition) is 7. The third-order valence-corrected chi connectivity index (χ3v) is 3.75. The lowest BCUT2D eigenvalue weighted by atomic mass is 10.5. The predicted octanol–water partition coefficient (Wildman–Crippen LogP) is -0.132. The smallest absolute Gasteiger partial charge is 0.359 e. The fraction of sp³-hybridized carbons (Fsp3) is 1.00. The highest BCUT2D eigenvalue weighted by Crippen LogP contribution is 2.12. The van der Waals surface area contributed by atoms with Crippen LogP contribution in [0.4, 0.5) is 0 Å². The summed E-state index contributed by atoms with van der Waals surface area (Å²) in [7, 11) is -3.01. The molecule has 2 unspecified atom stereocenters. The molecule has 15 heavy (non-hydrogen) atoms. The van der Waals surface area contributed by atoms with Gasteiger partial charge in [0.1, 0.15) is 6.10 Å². The van der Waals surface area contributed by atoms with Crippen LogP contribution < -0.4 is 0 Å². The zero-order valence-electron chi connectivity index (χ0n) is 8.63. The van der Waals surface area contributed by atoms with Crippen molar-refractivity contribution in [1.29, 1.82) is 0 Å². The van der Waals surface area contributed by atoms with Gasteiger partial charge in [-0.15, -0.1) is 0 Å². The van der Waals surface area contributed by atoms with Crippen LogP contribution in [-0.2, 0) is 14.0 Å². The molecule has 0 aromatic rings. The quantitative estimate of drug-likeness (QED) is 0.235. The number of ether oxygens (including phenoxy) is 2. The molecule has 1 rings (SSSR count). The largest absolute Gasteiger partial charge is 0.410 e. The Morgan fingerprint density at radius 3 is 2.73 bits per heavy atom. The van der Waals surface area contributed by atoms with E-state index >= 15 is 0 Å². The topological polar surface area (TPSA) is 94.9 Å². The summed E-state index contributed by atoms with van der Waals surface area (Å²) in [5.74, 6) is 0. The summed E-state index contributed by atoms with van der Waals surface area (Å²) < 4.78 is 14.6. The maximum Gasteiger partial charge on any atom is 0.359 e. The molecule has 0 amide bonds. The van der Waals surface area contributed by atoms with E-state index in [9.17, 15) is 4.80 Å². The fourth-order valence-electron chi connectivity index (χ4n) is 1.10. The third kappa shape index (κ3) is 6.92. The Morgan fingerprint density at radius 2 is 2.20 bits per heavy atom. The lowest BCUT2D eigenvalue weighted by Crippen LogP contribution is -2.40. The summed E-state index contributed by atoms with van der Waals surface area (Å²) >= 11 is 0. The molecule has 90 valence electrons. The van der Waals surface area contributed by atoms with Crippen molar-refractivity contribution in [3.63, 3.8) is 0 Å². The first-order valence-corrected chi connectivity index (χ1v) is 7.34. The van der Waals surface area contributed by atoms with Crippen LogP contribution in [0, 0.1) is 0 Å². The lowest BCUT2D eigenvalue weighted by molar-refractivity contribution is -0.461. The monoisotopic (exact) mass is 239 g/mol. The molecule has 3 N–H and O–H groups in total. The average Bonchev–Trinajstić information content (AvgIpc) is 2.84. The van der Waals surface area contributed by atoms with Gasteiger partial charge >= 0.3 is 8.56 Å². The number of epoxide rings is 1. The van der Waals surface area contributed by atoms with E-state index in [1.807, 2.05) is 0 Å². The van der Waals surface area contributed by atoms with Crippen LogP contribution in [0.15, 0.2) is 0 Å². The highest BCUT2D eigenvalue weighted by molar-refractivity contribution is 6.64. The molecule has 0 saturated carbocycles. The predicted molar refractivity (Wildman–Crippen MR) is 50.3 cm³/mol. The summed E-state index contributed by atoms with van der Waals surface area (Å²) in [6.45, 7) is 3.32. The first kappa shape index (κ1) is 13.0. The maximum absolute atomic E-state index is 9.58. The summed E-state index contributed by atoms with van der Waals surface area (Å²) in [5, 5.41) is 16.3. The Bertz CT molecular complexity index is 186. The molecule has 1 fully saturated rings. The van der Waals surface area contributed by atoms with E-state index in [1.165, 1.54) is 6.55 Å². The molecule has 0 radical (unpaired) electrons. The fourth-order valence-corrected chi connectivity index (χ4v) is 2.35. The molecule has 0 bridgehead atoms. The molecule has 0 aromatic carbocycles. The van der Waals surface area contributed by atoms with Crippen molar-refractivity contribution in [3.05, 3.63) is 0 Å². The Morgan fingerprint density at radius 1 is 1.53 bits per heavy atom. The molecule has 8 heteroatoms. The molecular weight excluding hydrogens is 222 g/mol. The molecule has 7 nitrogen and oxygen atoms in total. The van der Waals surface area contributed by atoms with Crippen molar-refractivity contribution < 1.29 is 29.2 Å². The second-order valence-corrected chi connectivity index (χ2v) is 6.69. The first-order chi connectivity index (χ1) is 6.99. The minimum Gasteiger partial charge on any atom is -0.410 e. The zero-order valence-corrected chi connectivity index (χ0v) is 9.63. The van der Waals surface area contributed by atoms with Gasteiger partial charge < -0.3 is 14.3 Å². The average molecular weight is 239 g/mol. The lowest BCUT2D eigenvalue weighted by Gasteiger charge is -2.20. The zero-order chi connectivity index (χ0) is 11.3. The van der Waals surface area contributed by atoms with E-state index in [0.717, 1.165) is 6.61 Å². The third-order valence-electron chi connectivity index (χ3n) is 1.91. The van der Waals surface area contributed by atoms with Crippen LogP contribution in [0.2, 0.25) is 12.6 Å². The van der Waals surface area contributed by atoms with Gasteiger partial charge in [0, 0.05) is 6.61 Å². The van der Waals surface area contributed by atoms with E-state index in [2.05, 4.69) is 4.53 Å². The van der Waals surface area contributed by atoms with Crippen molar-refractivity contribution in [2.24, 2.45) is 0 Å². The standard InChI is InChI=1S/C7H17NO6Si/c1-15(11,14-8(9)10)4-2-3-12-5-7-6-13-7/h7,9-11H,2-6H2,1H3. The first-order valence-electron chi connectivity index (χ1n) is 4.78. The Balaban J connectivity index is 1.96. The number of rotatable bonds is 8. The second kappa shape index (κ2) is 5.87. The van der Waals surface area contributed by atoms with Crippen LogP contribution in [-0.4, -0.2) is 55.1 Å². The Hall–Kier alpha value is -0.0631. The Kier molecular flexibility index (Phi) is 5.09. The van der Waals surface area contributed by atoms with E-state index in [4.69, 9.17) is 19.9 Å². The highest BCUT2D eigenvalue weighted by atomic mass is 28.4. The van der Waals surface area contributed by atoms with Crippen LogP contribution in [0.25, 0.3) is 0 Å². The van der Waals surface area contributed by atoms with Gasteiger partial charge in [-0.05, 0) is 19.0 Å². The summed E-state index contributed by atoms with van der Waals surface area (Å²) in [5.41, 5.74) is 0. The van der Waals surface area contributed by atoms with Crippen LogP contribution in [0.3, 0.4) is 0 Å². The molecule has 1 saturated heterocycles. The SMILES string of the molecule is C[Si](O)(CCCOCC1CO1)ON(O)O. The van der Waals surface area contributed by atoms with Gasteiger partial charge in [-0.25, -0.2) is 0 Å². The minimum absolute atomic E-state index is 0.240. The van der Waals surface area contributed by atoms with Gasteiger partial charge in [0.2, 0.25) is 0 Å². The van der Waals surface area contributed by atoms with E-state index in [-0.39, 0.29) is 6.10 Å². The van der Waals surface area contributed by atoms with Gasteiger partial charge in [-0.2, -0.15) is 0 Å². The van der Waals surface area contributed by atoms with Crippen molar-refractivity contribution in [3.8, 4) is 0 Å². The van der Waals surface area contributed by atoms with Gasteiger partial charge in [0.05, 0.1) is 18.6 Å². The molecular formula is C7H17NO6Si. The van der Waals surface area contributed by atoms with Gasteiger partial charge in [-0.3, -0.25) is 14.9 Å². The minimum atomic E-state index is -3.01. The molecule has 1 heterocycles. The van der Waals surface area contributed by atoms with Crippen LogP contribution in [0.5, 0.6) is 0 Å². The van der Waals surface area contributed by atoms with Crippen molar-refractivity contribution in [2.75, 3.05) is 19.8 Å². The number of hydrogen-bond donors (Lipinski definition) is 3. The maximum atomic E-state index is 9.58. The van der Waals surface area contributed by atoms with Crippen molar-refractivity contribution in [2.45, 2.75) is 25.1 Å². The van der Waals surface area contributed by atoms with Crippen molar-refractivity contribution >= 4 is 8.56 Å². The van der Waals surface area contributed by atoms with Crippen molar-refractivity contribution in [1.82, 2.24) is 5.39 Å². The summed E-state index contributed by atoms with van der Waals surface area (Å²) in [6, 6.07) is 0.371. The van der Waals surface area contributed by atoms with Crippen LogP contribution in [0.1, 0.15) is 6.42 Å². The molecule has 1 aliphatic rings. The second-order valence-electron chi connectivity index (χ2n) is 3.65. The molecule has 2 atom stereocenters. The molecule has 0 aromatic heterocycles. The summed E-state index contributed by atoms with van der Waals surface area (Å²) in [4.78, 5) is 9.58. The van der Waals surface area contributed by atoms with E-state index in [0.29, 0.717) is 25.7 Å². The Labute approximate surface area is 88.9 Å². The molecule has 1 aliphatic heterocycles. The van der Waals surface area contributed by atoms with Gasteiger partial charge in [-0.1, -0.05) is 0 Å². The van der Waals surface area contributed by atoms with Gasteiger partial charge in [0.25, 0.3) is 0 Å². The highest BCUT2D eigenvalue weighted by Gasteiger charge is 2.29. The number of nitrogens with zero attached hydrogens (tertiary/aromatic N) is 1. The van der Waals surface area contributed by atoms with Gasteiger partial charge in [0.15, 0.2) is 0 Å².